The SMILES string of the molecule is COc1cc(C)cc(C)c1-c1nn(C)cc1C(=O)O. The molecule has 0 radical (unpaired) electrons. The van der Waals surface area contributed by atoms with E-state index in [0.717, 1.165) is 16.7 Å². The van der Waals surface area contributed by atoms with Gasteiger partial charge in [0.2, 0.25) is 0 Å². The predicted molar refractivity (Wildman–Crippen MR) is 71.6 cm³/mol. The van der Waals surface area contributed by atoms with E-state index >= 15 is 0 Å². The van der Waals surface area contributed by atoms with Gasteiger partial charge in [-0.15, -0.1) is 0 Å². The predicted octanol–water partition coefficient (Wildman–Crippen LogP) is 2.41. The lowest BCUT2D eigenvalue weighted by molar-refractivity contribution is 0.0697. The van der Waals surface area contributed by atoms with E-state index in [0.29, 0.717) is 11.4 Å². The number of aromatic nitrogens is 2. The molecule has 0 atom stereocenters. The highest BCUT2D eigenvalue weighted by atomic mass is 16.5. The van der Waals surface area contributed by atoms with Crippen molar-refractivity contribution >= 4 is 5.97 Å². The molecule has 0 saturated carbocycles. The van der Waals surface area contributed by atoms with Crippen LogP contribution in [0.25, 0.3) is 11.3 Å². The number of carboxylic acids is 1. The second-order valence-corrected chi connectivity index (χ2v) is 4.53. The summed E-state index contributed by atoms with van der Waals surface area (Å²) in [4.78, 5) is 11.3. The van der Waals surface area contributed by atoms with Gasteiger partial charge < -0.3 is 9.84 Å². The van der Waals surface area contributed by atoms with Crippen LogP contribution in [0.3, 0.4) is 0 Å². The molecule has 0 spiro atoms. The highest BCUT2D eigenvalue weighted by molar-refractivity contribution is 5.96. The van der Waals surface area contributed by atoms with Crippen molar-refractivity contribution in [1.29, 1.82) is 0 Å². The summed E-state index contributed by atoms with van der Waals surface area (Å²) in [5, 5.41) is 13.5. The van der Waals surface area contributed by atoms with Crippen LogP contribution in [-0.4, -0.2) is 28.0 Å². The average Bonchev–Trinajstić information content (AvgIpc) is 2.70. The number of aromatic carboxylic acids is 1. The number of aryl methyl sites for hydroxylation is 3. The molecule has 0 saturated heterocycles. The number of hydrogen-bond acceptors (Lipinski definition) is 3. The van der Waals surface area contributed by atoms with Crippen LogP contribution in [0.5, 0.6) is 5.75 Å². The topological polar surface area (TPSA) is 64.4 Å². The molecule has 0 aliphatic carbocycles. The largest absolute Gasteiger partial charge is 0.496 e. The summed E-state index contributed by atoms with van der Waals surface area (Å²) in [6.07, 6.45) is 1.50. The molecule has 1 N–H and O–H groups in total. The molecular weight excluding hydrogens is 244 g/mol. The van der Waals surface area contributed by atoms with Crippen LogP contribution in [0.2, 0.25) is 0 Å². The van der Waals surface area contributed by atoms with Crippen molar-refractivity contribution in [1.82, 2.24) is 9.78 Å². The van der Waals surface area contributed by atoms with Crippen LogP contribution >= 0.6 is 0 Å². The fraction of sp³-hybridized carbons (Fsp3) is 0.286. The van der Waals surface area contributed by atoms with Gasteiger partial charge >= 0.3 is 5.97 Å². The zero-order valence-corrected chi connectivity index (χ0v) is 11.4. The first-order chi connectivity index (χ1) is 8.93. The second kappa shape index (κ2) is 4.76. The summed E-state index contributed by atoms with van der Waals surface area (Å²) >= 11 is 0. The smallest absolute Gasteiger partial charge is 0.339 e. The number of hydrogen-bond donors (Lipinski definition) is 1. The Morgan fingerprint density at radius 1 is 1.37 bits per heavy atom. The molecule has 0 amide bonds. The van der Waals surface area contributed by atoms with E-state index in [1.165, 1.54) is 10.9 Å². The first-order valence-electron chi connectivity index (χ1n) is 5.86. The second-order valence-electron chi connectivity index (χ2n) is 4.53. The highest BCUT2D eigenvalue weighted by Gasteiger charge is 2.21. The van der Waals surface area contributed by atoms with Crippen LogP contribution in [0, 0.1) is 13.8 Å². The normalized spacial score (nSPS) is 10.5. The van der Waals surface area contributed by atoms with E-state index in [2.05, 4.69) is 5.10 Å². The number of carbonyl (C=O) groups is 1. The minimum Gasteiger partial charge on any atom is -0.496 e. The van der Waals surface area contributed by atoms with Gasteiger partial charge in [0.15, 0.2) is 0 Å². The molecule has 2 rings (SSSR count). The molecule has 1 aromatic carbocycles. The Balaban J connectivity index is 2.75. The Morgan fingerprint density at radius 3 is 2.63 bits per heavy atom. The van der Waals surface area contributed by atoms with E-state index in [4.69, 9.17) is 4.74 Å². The Bertz CT molecular complexity index is 644. The summed E-state index contributed by atoms with van der Waals surface area (Å²) < 4.78 is 6.86. The van der Waals surface area contributed by atoms with Crippen LogP contribution in [0.4, 0.5) is 0 Å². The van der Waals surface area contributed by atoms with Gasteiger partial charge in [0.25, 0.3) is 0 Å². The first-order valence-corrected chi connectivity index (χ1v) is 5.86. The summed E-state index contributed by atoms with van der Waals surface area (Å²) in [7, 11) is 3.27. The van der Waals surface area contributed by atoms with Gasteiger partial charge in [0.05, 0.1) is 7.11 Å². The summed E-state index contributed by atoms with van der Waals surface area (Å²) in [5.41, 5.74) is 3.34. The molecule has 0 aliphatic rings. The zero-order valence-electron chi connectivity index (χ0n) is 11.4. The number of nitrogens with zero attached hydrogens (tertiary/aromatic N) is 2. The van der Waals surface area contributed by atoms with Crippen molar-refractivity contribution in [3.8, 4) is 17.0 Å². The van der Waals surface area contributed by atoms with Crippen molar-refractivity contribution in [3.63, 3.8) is 0 Å². The Morgan fingerprint density at radius 2 is 2.05 bits per heavy atom. The summed E-state index contributed by atoms with van der Waals surface area (Å²) in [5.74, 6) is -0.358. The third-order valence-corrected chi connectivity index (χ3v) is 2.96. The van der Waals surface area contributed by atoms with Crippen molar-refractivity contribution in [3.05, 3.63) is 35.0 Å². The molecule has 0 bridgehead atoms. The number of carboxylic acid groups (broad SMARTS) is 1. The van der Waals surface area contributed by atoms with Crippen molar-refractivity contribution in [2.24, 2.45) is 7.05 Å². The third kappa shape index (κ3) is 2.31. The van der Waals surface area contributed by atoms with E-state index in [1.54, 1.807) is 14.2 Å². The van der Waals surface area contributed by atoms with Gasteiger partial charge in [-0.1, -0.05) is 6.07 Å². The average molecular weight is 260 g/mol. The zero-order chi connectivity index (χ0) is 14.2. The standard InChI is InChI=1S/C14H16N2O3/c1-8-5-9(2)12(11(6-8)19-4)13-10(14(17)18)7-16(3)15-13/h5-7H,1-4H3,(H,17,18). The van der Waals surface area contributed by atoms with Crippen molar-refractivity contribution in [2.75, 3.05) is 7.11 Å². The maximum absolute atomic E-state index is 11.3. The number of benzene rings is 1. The molecule has 5 heteroatoms. The van der Waals surface area contributed by atoms with Crippen LogP contribution < -0.4 is 4.74 Å². The van der Waals surface area contributed by atoms with Crippen LogP contribution in [-0.2, 0) is 7.05 Å². The maximum Gasteiger partial charge on any atom is 0.339 e. The van der Waals surface area contributed by atoms with Crippen molar-refractivity contribution in [2.45, 2.75) is 13.8 Å². The molecule has 5 nitrogen and oxygen atoms in total. The monoisotopic (exact) mass is 260 g/mol. The van der Waals surface area contributed by atoms with Crippen molar-refractivity contribution < 1.29 is 14.6 Å². The molecule has 100 valence electrons. The molecule has 0 unspecified atom stereocenters. The van der Waals surface area contributed by atoms with Gasteiger partial charge in [0.1, 0.15) is 17.0 Å². The van der Waals surface area contributed by atoms with Crippen LogP contribution in [0.1, 0.15) is 21.5 Å². The quantitative estimate of drug-likeness (QED) is 0.920. The number of rotatable bonds is 3. The van der Waals surface area contributed by atoms with Gasteiger partial charge in [-0.25, -0.2) is 4.79 Å². The van der Waals surface area contributed by atoms with Gasteiger partial charge in [-0.3, -0.25) is 4.68 Å². The van der Waals surface area contributed by atoms with E-state index in [1.807, 2.05) is 26.0 Å². The fourth-order valence-electron chi connectivity index (χ4n) is 2.22. The molecule has 19 heavy (non-hydrogen) atoms. The van der Waals surface area contributed by atoms with Gasteiger partial charge in [-0.05, 0) is 31.0 Å². The van der Waals surface area contributed by atoms with E-state index in [9.17, 15) is 9.90 Å². The lowest BCUT2D eigenvalue weighted by atomic mass is 9.99. The molecule has 0 fully saturated rings. The fourth-order valence-corrected chi connectivity index (χ4v) is 2.22. The Kier molecular flexibility index (Phi) is 3.29. The summed E-state index contributed by atoms with van der Waals surface area (Å²) in [6.45, 7) is 3.89. The summed E-state index contributed by atoms with van der Waals surface area (Å²) in [6, 6.07) is 3.86. The number of methoxy groups -OCH3 is 1. The van der Waals surface area contributed by atoms with Gasteiger partial charge in [-0.2, -0.15) is 5.10 Å². The minimum atomic E-state index is -0.995. The maximum atomic E-state index is 11.3. The van der Waals surface area contributed by atoms with Gasteiger partial charge in [0, 0.05) is 18.8 Å². The number of ether oxygens (including phenoxy) is 1. The lowest BCUT2D eigenvalue weighted by Crippen LogP contribution is -2.00. The lowest BCUT2D eigenvalue weighted by Gasteiger charge is -2.11. The molecular formula is C14H16N2O3. The van der Waals surface area contributed by atoms with E-state index in [-0.39, 0.29) is 5.56 Å². The Labute approximate surface area is 111 Å². The minimum absolute atomic E-state index is 0.174. The van der Waals surface area contributed by atoms with Crippen LogP contribution in [0.15, 0.2) is 18.3 Å². The van der Waals surface area contributed by atoms with E-state index < -0.39 is 5.97 Å². The molecule has 0 aliphatic heterocycles. The first kappa shape index (κ1) is 13.1. The third-order valence-electron chi connectivity index (χ3n) is 2.96. The molecule has 1 aromatic heterocycles. The molecule has 2 aromatic rings. The molecule has 1 heterocycles. The Hall–Kier alpha value is -2.30. The highest BCUT2D eigenvalue weighted by Crippen LogP contribution is 2.35.